The average Bonchev–Trinajstić information content (AvgIpc) is 2.69. The number of rotatable bonds is 17. The minimum absolute atomic E-state index is 0.0275. The highest BCUT2D eigenvalue weighted by Crippen LogP contribution is 2.17. The number of carbonyl (C=O) groups excluding carboxylic acids is 1. The van der Waals surface area contributed by atoms with Crippen molar-refractivity contribution < 1.29 is 4.79 Å². The van der Waals surface area contributed by atoms with Crippen molar-refractivity contribution in [3.05, 3.63) is 29.3 Å². The molecule has 0 unspecified atom stereocenters. The van der Waals surface area contributed by atoms with Gasteiger partial charge in [0.1, 0.15) is 0 Å². The van der Waals surface area contributed by atoms with Crippen molar-refractivity contribution >= 4 is 35.8 Å². The lowest BCUT2D eigenvalue weighted by atomic mass is 10.0. The van der Waals surface area contributed by atoms with Crippen molar-refractivity contribution in [1.29, 1.82) is 0 Å². The van der Waals surface area contributed by atoms with Gasteiger partial charge in [-0.25, -0.2) is 0 Å². The SMILES string of the molecule is CCCCCCCCCCCCCCCC[C@@H](S)C(=O)Nc1ccc(Cl)cc1. The lowest BCUT2D eigenvalue weighted by molar-refractivity contribution is -0.115. The molecule has 0 saturated carbocycles. The van der Waals surface area contributed by atoms with E-state index in [1.54, 1.807) is 12.1 Å². The zero-order valence-corrected chi connectivity index (χ0v) is 19.4. The molecule has 0 aliphatic heterocycles. The van der Waals surface area contributed by atoms with E-state index in [4.69, 9.17) is 11.6 Å². The van der Waals surface area contributed by atoms with Gasteiger partial charge in [0.25, 0.3) is 0 Å². The number of nitrogens with one attached hydrogen (secondary N) is 1. The van der Waals surface area contributed by atoms with E-state index in [0.29, 0.717) is 5.02 Å². The van der Waals surface area contributed by atoms with Crippen molar-refractivity contribution in [3.8, 4) is 0 Å². The number of anilines is 1. The molecule has 0 bridgehead atoms. The Morgan fingerprint density at radius 1 is 0.821 bits per heavy atom. The summed E-state index contributed by atoms with van der Waals surface area (Å²) in [6.45, 7) is 2.27. The molecule has 1 aromatic carbocycles. The summed E-state index contributed by atoms with van der Waals surface area (Å²) in [7, 11) is 0. The highest BCUT2D eigenvalue weighted by molar-refractivity contribution is 7.81. The molecular formula is C24H40ClNOS. The quantitative estimate of drug-likeness (QED) is 0.190. The normalized spacial score (nSPS) is 12.1. The lowest BCUT2D eigenvalue weighted by Crippen LogP contribution is -2.23. The predicted octanol–water partition coefficient (Wildman–Crippen LogP) is 8.45. The fraction of sp³-hybridized carbons (Fsp3) is 0.708. The van der Waals surface area contributed by atoms with Gasteiger partial charge >= 0.3 is 0 Å². The first kappa shape index (κ1) is 25.4. The molecule has 0 saturated heterocycles. The Hall–Kier alpha value is -0.670. The third-order valence-corrected chi connectivity index (χ3v) is 5.99. The summed E-state index contributed by atoms with van der Waals surface area (Å²) >= 11 is 10.3. The van der Waals surface area contributed by atoms with Crippen molar-refractivity contribution in [1.82, 2.24) is 0 Å². The van der Waals surface area contributed by atoms with Crippen molar-refractivity contribution in [2.24, 2.45) is 0 Å². The number of thiol groups is 1. The standard InChI is InChI=1S/C24H40ClNOS/c1-2-3-4-5-6-7-8-9-10-11-12-13-14-15-16-23(28)24(27)26-22-19-17-21(25)18-20-22/h17-20,23,28H,2-16H2,1H3,(H,26,27)/t23-/m1/s1. The van der Waals surface area contributed by atoms with Gasteiger partial charge < -0.3 is 5.32 Å². The molecule has 1 rings (SSSR count). The molecule has 1 amide bonds. The fourth-order valence-electron chi connectivity index (χ4n) is 3.42. The van der Waals surface area contributed by atoms with E-state index in [-0.39, 0.29) is 11.2 Å². The van der Waals surface area contributed by atoms with Crippen molar-refractivity contribution in [2.75, 3.05) is 5.32 Å². The highest BCUT2D eigenvalue weighted by atomic mass is 35.5. The van der Waals surface area contributed by atoms with Crippen LogP contribution >= 0.6 is 24.2 Å². The van der Waals surface area contributed by atoms with Gasteiger partial charge in [0.05, 0.1) is 5.25 Å². The van der Waals surface area contributed by atoms with Crippen molar-refractivity contribution in [2.45, 2.75) is 108 Å². The first-order valence-electron chi connectivity index (χ1n) is 11.4. The van der Waals surface area contributed by atoms with E-state index < -0.39 is 0 Å². The second kappa shape index (κ2) is 17.2. The number of unbranched alkanes of at least 4 members (excludes halogenated alkanes) is 13. The number of hydrogen-bond donors (Lipinski definition) is 2. The van der Waals surface area contributed by atoms with Crippen LogP contribution < -0.4 is 5.32 Å². The van der Waals surface area contributed by atoms with Crippen LogP contribution in [-0.2, 0) is 4.79 Å². The summed E-state index contributed by atoms with van der Waals surface area (Å²) in [6.07, 6.45) is 19.7. The molecule has 4 heteroatoms. The molecular weight excluding hydrogens is 386 g/mol. The van der Waals surface area contributed by atoms with Gasteiger partial charge in [-0.15, -0.1) is 0 Å². The van der Waals surface area contributed by atoms with Crippen LogP contribution in [0.15, 0.2) is 24.3 Å². The predicted molar refractivity (Wildman–Crippen MR) is 128 cm³/mol. The molecule has 0 aromatic heterocycles. The van der Waals surface area contributed by atoms with Gasteiger partial charge in [0, 0.05) is 10.7 Å². The molecule has 0 fully saturated rings. The molecule has 1 aromatic rings. The maximum absolute atomic E-state index is 12.1. The summed E-state index contributed by atoms with van der Waals surface area (Å²) < 4.78 is 0. The molecule has 1 atom stereocenters. The van der Waals surface area contributed by atoms with Gasteiger partial charge in [0.2, 0.25) is 5.91 Å². The second-order valence-electron chi connectivity index (χ2n) is 7.90. The summed E-state index contributed by atoms with van der Waals surface area (Å²) in [5, 5.41) is 3.32. The minimum Gasteiger partial charge on any atom is -0.325 e. The van der Waals surface area contributed by atoms with Crippen LogP contribution in [0.4, 0.5) is 5.69 Å². The Bertz CT molecular complexity index is 506. The molecule has 0 aliphatic carbocycles. The first-order chi connectivity index (χ1) is 13.6. The summed E-state index contributed by atoms with van der Waals surface area (Å²) in [5.41, 5.74) is 0.773. The summed E-state index contributed by atoms with van der Waals surface area (Å²) in [6, 6.07) is 7.18. The Kier molecular flexibility index (Phi) is 15.6. The van der Waals surface area contributed by atoms with E-state index in [2.05, 4.69) is 24.9 Å². The van der Waals surface area contributed by atoms with Crippen molar-refractivity contribution in [3.63, 3.8) is 0 Å². The van der Waals surface area contributed by atoms with Gasteiger partial charge in [-0.3, -0.25) is 4.79 Å². The third-order valence-electron chi connectivity index (χ3n) is 5.25. The van der Waals surface area contributed by atoms with Crippen LogP contribution in [0.5, 0.6) is 0 Å². The van der Waals surface area contributed by atoms with Crippen LogP contribution in [0.25, 0.3) is 0 Å². The Morgan fingerprint density at radius 2 is 1.25 bits per heavy atom. The molecule has 0 radical (unpaired) electrons. The number of carbonyl (C=O) groups is 1. The number of benzene rings is 1. The molecule has 0 aliphatic rings. The highest BCUT2D eigenvalue weighted by Gasteiger charge is 2.13. The van der Waals surface area contributed by atoms with Gasteiger partial charge in [-0.2, -0.15) is 12.6 Å². The lowest BCUT2D eigenvalue weighted by Gasteiger charge is -2.11. The molecule has 160 valence electrons. The van der Waals surface area contributed by atoms with Gasteiger partial charge in [-0.05, 0) is 30.7 Å². The number of amides is 1. The molecule has 1 N–H and O–H groups in total. The monoisotopic (exact) mass is 425 g/mol. The molecule has 2 nitrogen and oxygen atoms in total. The van der Waals surface area contributed by atoms with Gasteiger partial charge in [-0.1, -0.05) is 108 Å². The Morgan fingerprint density at radius 3 is 1.71 bits per heavy atom. The third kappa shape index (κ3) is 13.5. The fourth-order valence-corrected chi connectivity index (χ4v) is 3.80. The summed E-state index contributed by atoms with van der Waals surface area (Å²) in [5.74, 6) is -0.0275. The zero-order valence-electron chi connectivity index (χ0n) is 17.7. The summed E-state index contributed by atoms with van der Waals surface area (Å²) in [4.78, 5) is 12.1. The van der Waals surface area contributed by atoms with Crippen LogP contribution in [0.2, 0.25) is 5.02 Å². The topological polar surface area (TPSA) is 29.1 Å². The number of halogens is 1. The Labute approximate surface area is 183 Å². The van der Waals surface area contributed by atoms with E-state index in [1.165, 1.54) is 83.5 Å². The zero-order chi connectivity index (χ0) is 20.5. The van der Waals surface area contributed by atoms with E-state index >= 15 is 0 Å². The van der Waals surface area contributed by atoms with Gasteiger partial charge in [0.15, 0.2) is 0 Å². The average molecular weight is 426 g/mol. The van der Waals surface area contributed by atoms with E-state index in [9.17, 15) is 4.79 Å². The Balaban J connectivity index is 1.90. The molecule has 0 spiro atoms. The van der Waals surface area contributed by atoms with Crippen LogP contribution in [0.3, 0.4) is 0 Å². The molecule has 28 heavy (non-hydrogen) atoms. The molecule has 0 heterocycles. The van der Waals surface area contributed by atoms with Crippen LogP contribution in [0.1, 0.15) is 103 Å². The largest absolute Gasteiger partial charge is 0.325 e. The van der Waals surface area contributed by atoms with Crippen LogP contribution in [0, 0.1) is 0 Å². The maximum Gasteiger partial charge on any atom is 0.237 e. The van der Waals surface area contributed by atoms with E-state index in [0.717, 1.165) is 18.5 Å². The first-order valence-corrected chi connectivity index (χ1v) is 12.3. The minimum atomic E-state index is -0.243. The maximum atomic E-state index is 12.1. The number of hydrogen-bond acceptors (Lipinski definition) is 2. The second-order valence-corrected chi connectivity index (χ2v) is 8.96. The van der Waals surface area contributed by atoms with Crippen LogP contribution in [-0.4, -0.2) is 11.2 Å². The smallest absolute Gasteiger partial charge is 0.237 e. The van der Waals surface area contributed by atoms with E-state index in [1.807, 2.05) is 12.1 Å².